The monoisotopic (exact) mass is 349 g/mol. The van der Waals surface area contributed by atoms with Gasteiger partial charge in [0.25, 0.3) is 5.91 Å². The molecule has 6 nitrogen and oxygen atoms in total. The number of hydrogen-bond donors (Lipinski definition) is 1. The maximum atomic E-state index is 13.1. The standard InChI is InChI=1S/C20H19N3O3/c24-20(19-13-25-17-8-4-5-9-18(17)26-19)23(12-16-10-21-14-22-16)11-15-6-2-1-3-7-15/h1-10,14,19H,11-13H2,(H,21,22)/t19-/m1/s1. The van der Waals surface area contributed by atoms with E-state index in [-0.39, 0.29) is 12.5 Å². The maximum absolute atomic E-state index is 13.1. The number of carbonyl (C=O) groups is 1. The molecule has 4 rings (SSSR count). The van der Waals surface area contributed by atoms with Crippen molar-refractivity contribution in [3.05, 3.63) is 78.4 Å². The quantitative estimate of drug-likeness (QED) is 0.769. The van der Waals surface area contributed by atoms with E-state index in [2.05, 4.69) is 9.97 Å². The summed E-state index contributed by atoms with van der Waals surface area (Å²) in [6, 6.07) is 17.3. The number of hydrogen-bond acceptors (Lipinski definition) is 4. The lowest BCUT2D eigenvalue weighted by Crippen LogP contribution is -2.45. The Bertz CT molecular complexity index is 865. The highest BCUT2D eigenvalue weighted by Crippen LogP contribution is 2.31. The summed E-state index contributed by atoms with van der Waals surface area (Å²) < 4.78 is 11.6. The second-order valence-corrected chi connectivity index (χ2v) is 6.12. The summed E-state index contributed by atoms with van der Waals surface area (Å²) in [5, 5.41) is 0. The van der Waals surface area contributed by atoms with Crippen molar-refractivity contribution in [1.82, 2.24) is 14.9 Å². The van der Waals surface area contributed by atoms with Gasteiger partial charge in [-0.15, -0.1) is 0 Å². The van der Waals surface area contributed by atoms with Gasteiger partial charge in [-0.3, -0.25) is 4.79 Å². The smallest absolute Gasteiger partial charge is 0.267 e. The fourth-order valence-electron chi connectivity index (χ4n) is 2.94. The Morgan fingerprint density at radius 2 is 1.85 bits per heavy atom. The predicted molar refractivity (Wildman–Crippen MR) is 95.6 cm³/mol. The van der Waals surface area contributed by atoms with Crippen molar-refractivity contribution in [3.8, 4) is 11.5 Å². The van der Waals surface area contributed by atoms with E-state index in [4.69, 9.17) is 9.47 Å². The van der Waals surface area contributed by atoms with Gasteiger partial charge in [-0.25, -0.2) is 4.98 Å². The fourth-order valence-corrected chi connectivity index (χ4v) is 2.94. The molecule has 1 aliphatic rings. The second-order valence-electron chi connectivity index (χ2n) is 6.12. The van der Waals surface area contributed by atoms with E-state index >= 15 is 0 Å². The lowest BCUT2D eigenvalue weighted by Gasteiger charge is -2.30. The van der Waals surface area contributed by atoms with Crippen molar-refractivity contribution < 1.29 is 14.3 Å². The molecule has 1 N–H and O–H groups in total. The number of nitrogens with zero attached hydrogens (tertiary/aromatic N) is 2. The number of para-hydroxylation sites is 2. The van der Waals surface area contributed by atoms with Gasteiger partial charge >= 0.3 is 0 Å². The fraction of sp³-hybridized carbons (Fsp3) is 0.200. The Hall–Kier alpha value is -3.28. The molecular formula is C20H19N3O3. The van der Waals surface area contributed by atoms with Gasteiger partial charge in [0, 0.05) is 12.7 Å². The molecule has 0 fully saturated rings. The van der Waals surface area contributed by atoms with Crippen molar-refractivity contribution >= 4 is 5.91 Å². The van der Waals surface area contributed by atoms with Crippen LogP contribution in [-0.4, -0.2) is 33.5 Å². The molecule has 0 unspecified atom stereocenters. The third-order valence-corrected chi connectivity index (χ3v) is 4.23. The number of rotatable bonds is 5. The molecule has 2 heterocycles. The summed E-state index contributed by atoms with van der Waals surface area (Å²) in [6.07, 6.45) is 2.66. The maximum Gasteiger partial charge on any atom is 0.267 e. The number of aromatic amines is 1. The average Bonchev–Trinajstić information content (AvgIpc) is 3.20. The molecule has 1 atom stereocenters. The number of ether oxygens (including phenoxy) is 2. The lowest BCUT2D eigenvalue weighted by molar-refractivity contribution is -0.142. The molecule has 0 spiro atoms. The predicted octanol–water partition coefficient (Wildman–Crippen LogP) is 2.78. The van der Waals surface area contributed by atoms with E-state index in [9.17, 15) is 4.79 Å². The second kappa shape index (κ2) is 7.31. The van der Waals surface area contributed by atoms with Crippen LogP contribution in [0.1, 0.15) is 11.3 Å². The van der Waals surface area contributed by atoms with Gasteiger partial charge in [-0.05, 0) is 17.7 Å². The summed E-state index contributed by atoms with van der Waals surface area (Å²) in [7, 11) is 0. The number of aromatic nitrogens is 2. The zero-order chi connectivity index (χ0) is 17.8. The zero-order valence-electron chi connectivity index (χ0n) is 14.2. The minimum absolute atomic E-state index is 0.113. The Morgan fingerprint density at radius 3 is 2.62 bits per heavy atom. The minimum Gasteiger partial charge on any atom is -0.485 e. The summed E-state index contributed by atoms with van der Waals surface area (Å²) in [4.78, 5) is 22.0. The highest BCUT2D eigenvalue weighted by Gasteiger charge is 2.31. The molecule has 2 aromatic carbocycles. The molecule has 0 saturated carbocycles. The molecule has 3 aromatic rings. The van der Waals surface area contributed by atoms with Gasteiger partial charge in [0.2, 0.25) is 6.10 Å². The Balaban J connectivity index is 1.54. The number of fused-ring (bicyclic) bond motifs is 1. The number of carbonyl (C=O) groups excluding carboxylic acids is 1. The topological polar surface area (TPSA) is 67.5 Å². The van der Waals surface area contributed by atoms with Crippen LogP contribution in [0.2, 0.25) is 0 Å². The van der Waals surface area contributed by atoms with E-state index in [1.165, 1.54) is 0 Å². The van der Waals surface area contributed by atoms with Crippen LogP contribution in [0.4, 0.5) is 0 Å². The molecule has 0 aliphatic carbocycles. The van der Waals surface area contributed by atoms with Gasteiger partial charge in [-0.1, -0.05) is 42.5 Å². The average molecular weight is 349 g/mol. The van der Waals surface area contributed by atoms with Crippen LogP contribution < -0.4 is 9.47 Å². The van der Waals surface area contributed by atoms with Crippen LogP contribution in [0.15, 0.2) is 67.1 Å². The minimum atomic E-state index is -0.670. The van der Waals surface area contributed by atoms with Crippen molar-refractivity contribution in [3.63, 3.8) is 0 Å². The first kappa shape index (κ1) is 16.2. The van der Waals surface area contributed by atoms with Gasteiger partial charge in [-0.2, -0.15) is 0 Å². The van der Waals surface area contributed by atoms with Gasteiger partial charge in [0.05, 0.1) is 18.6 Å². The number of nitrogens with one attached hydrogen (secondary N) is 1. The number of benzene rings is 2. The molecule has 132 valence electrons. The molecule has 6 heteroatoms. The van der Waals surface area contributed by atoms with Crippen LogP contribution in [0.5, 0.6) is 11.5 Å². The SMILES string of the molecule is O=C([C@H]1COc2ccccc2O1)N(Cc1ccccc1)Cc1cnc[nH]1. The van der Waals surface area contributed by atoms with E-state index in [0.29, 0.717) is 24.6 Å². The van der Waals surface area contributed by atoms with Crippen LogP contribution >= 0.6 is 0 Å². The van der Waals surface area contributed by atoms with Crippen molar-refractivity contribution in [2.75, 3.05) is 6.61 Å². The summed E-state index contributed by atoms with van der Waals surface area (Å²) >= 11 is 0. The molecule has 1 aromatic heterocycles. The molecule has 0 radical (unpaired) electrons. The number of amides is 1. The van der Waals surface area contributed by atoms with Crippen molar-refractivity contribution in [2.45, 2.75) is 19.2 Å². The highest BCUT2D eigenvalue weighted by molar-refractivity contribution is 5.82. The van der Waals surface area contributed by atoms with E-state index in [1.807, 2.05) is 54.6 Å². The summed E-state index contributed by atoms with van der Waals surface area (Å²) in [6.45, 7) is 1.11. The Kier molecular flexibility index (Phi) is 4.55. The van der Waals surface area contributed by atoms with Crippen LogP contribution in [0.25, 0.3) is 0 Å². The van der Waals surface area contributed by atoms with Crippen molar-refractivity contribution in [1.29, 1.82) is 0 Å². The molecule has 0 saturated heterocycles. The molecular weight excluding hydrogens is 330 g/mol. The summed E-state index contributed by atoms with van der Waals surface area (Å²) in [5.41, 5.74) is 1.92. The third kappa shape index (κ3) is 3.54. The molecule has 26 heavy (non-hydrogen) atoms. The highest BCUT2D eigenvalue weighted by atomic mass is 16.6. The summed E-state index contributed by atoms with van der Waals surface area (Å²) in [5.74, 6) is 1.15. The Morgan fingerprint density at radius 1 is 1.08 bits per heavy atom. The van der Waals surface area contributed by atoms with Gasteiger partial charge < -0.3 is 19.4 Å². The first-order valence-electron chi connectivity index (χ1n) is 8.48. The molecule has 1 aliphatic heterocycles. The van der Waals surface area contributed by atoms with E-state index < -0.39 is 6.10 Å². The first-order chi connectivity index (χ1) is 12.8. The van der Waals surface area contributed by atoms with E-state index in [1.54, 1.807) is 17.4 Å². The third-order valence-electron chi connectivity index (χ3n) is 4.23. The van der Waals surface area contributed by atoms with Crippen molar-refractivity contribution in [2.24, 2.45) is 0 Å². The normalized spacial score (nSPS) is 15.5. The van der Waals surface area contributed by atoms with Crippen LogP contribution in [-0.2, 0) is 17.9 Å². The molecule has 1 amide bonds. The lowest BCUT2D eigenvalue weighted by atomic mass is 10.2. The van der Waals surface area contributed by atoms with Gasteiger partial charge in [0.1, 0.15) is 6.61 Å². The van der Waals surface area contributed by atoms with E-state index in [0.717, 1.165) is 11.3 Å². The largest absolute Gasteiger partial charge is 0.485 e. The Labute approximate surface area is 151 Å². The first-order valence-corrected chi connectivity index (χ1v) is 8.48. The number of H-pyrrole nitrogens is 1. The van der Waals surface area contributed by atoms with Crippen LogP contribution in [0.3, 0.4) is 0 Å². The number of imidazole rings is 1. The van der Waals surface area contributed by atoms with Crippen LogP contribution in [0, 0.1) is 0 Å². The zero-order valence-corrected chi connectivity index (χ0v) is 14.2. The molecule has 0 bridgehead atoms. The van der Waals surface area contributed by atoms with Gasteiger partial charge in [0.15, 0.2) is 11.5 Å².